The van der Waals surface area contributed by atoms with E-state index in [0.29, 0.717) is 24.3 Å². The van der Waals surface area contributed by atoms with Gasteiger partial charge in [0.1, 0.15) is 5.69 Å². The molecule has 2 aromatic carbocycles. The van der Waals surface area contributed by atoms with Gasteiger partial charge in [-0.25, -0.2) is 4.79 Å². The van der Waals surface area contributed by atoms with Crippen molar-refractivity contribution in [1.82, 2.24) is 14.9 Å². The van der Waals surface area contributed by atoms with E-state index in [9.17, 15) is 9.59 Å². The zero-order valence-electron chi connectivity index (χ0n) is 17.3. The number of methoxy groups -OCH3 is 1. The molecule has 0 spiro atoms. The van der Waals surface area contributed by atoms with Gasteiger partial charge >= 0.3 is 5.97 Å². The zero-order valence-corrected chi connectivity index (χ0v) is 17.3. The Labute approximate surface area is 173 Å². The number of hydrogen-bond acceptors (Lipinski definition) is 3. The first-order valence-corrected chi connectivity index (χ1v) is 10.1. The highest BCUT2D eigenvalue weighted by molar-refractivity contribution is 6.00. The SMILES string of the molecule is COC(=O)c1ccc2[nH]c3c(c2c1)CN(C(=O)c1cc2c(C)cc(C)cc2[nH]1)CC3. The van der Waals surface area contributed by atoms with Crippen LogP contribution in [-0.4, -0.2) is 40.4 Å². The number of nitrogens with one attached hydrogen (secondary N) is 2. The predicted molar refractivity (Wildman–Crippen MR) is 116 cm³/mol. The normalized spacial score (nSPS) is 13.6. The molecule has 5 rings (SSSR count). The number of carbonyl (C=O) groups excluding carboxylic acids is 2. The van der Waals surface area contributed by atoms with Crippen LogP contribution in [0.2, 0.25) is 0 Å². The summed E-state index contributed by atoms with van der Waals surface area (Å²) in [6.45, 7) is 5.28. The van der Waals surface area contributed by atoms with E-state index in [1.54, 1.807) is 6.07 Å². The quantitative estimate of drug-likeness (QED) is 0.493. The molecular weight excluding hydrogens is 378 g/mol. The van der Waals surface area contributed by atoms with Crippen LogP contribution in [-0.2, 0) is 17.7 Å². The van der Waals surface area contributed by atoms with E-state index in [2.05, 4.69) is 35.9 Å². The minimum absolute atomic E-state index is 0.00706. The Hall–Kier alpha value is -3.54. The highest BCUT2D eigenvalue weighted by atomic mass is 16.5. The molecule has 0 atom stereocenters. The summed E-state index contributed by atoms with van der Waals surface area (Å²) < 4.78 is 4.85. The molecule has 1 amide bonds. The third-order valence-corrected chi connectivity index (χ3v) is 6.00. The molecule has 0 bridgehead atoms. The molecule has 152 valence electrons. The highest BCUT2D eigenvalue weighted by Gasteiger charge is 2.26. The van der Waals surface area contributed by atoms with Crippen LogP contribution in [0.15, 0.2) is 36.4 Å². The Morgan fingerprint density at radius 2 is 1.83 bits per heavy atom. The maximum absolute atomic E-state index is 13.3. The van der Waals surface area contributed by atoms with E-state index in [1.807, 2.05) is 23.1 Å². The van der Waals surface area contributed by atoms with Crippen molar-refractivity contribution in [3.8, 4) is 0 Å². The summed E-state index contributed by atoms with van der Waals surface area (Å²) in [5.41, 5.74) is 7.60. The molecule has 0 radical (unpaired) electrons. The summed E-state index contributed by atoms with van der Waals surface area (Å²) in [6.07, 6.45) is 0.752. The van der Waals surface area contributed by atoms with Gasteiger partial charge in [0.15, 0.2) is 0 Å². The summed E-state index contributed by atoms with van der Waals surface area (Å²) in [7, 11) is 1.38. The number of ether oxygens (including phenoxy) is 1. The Bertz CT molecular complexity index is 1330. The molecule has 4 aromatic rings. The van der Waals surface area contributed by atoms with E-state index in [-0.39, 0.29) is 11.9 Å². The molecule has 3 heterocycles. The third-order valence-electron chi connectivity index (χ3n) is 6.00. The van der Waals surface area contributed by atoms with E-state index < -0.39 is 0 Å². The Morgan fingerprint density at radius 3 is 2.63 bits per heavy atom. The van der Waals surface area contributed by atoms with Crippen LogP contribution in [0.1, 0.15) is 43.2 Å². The number of amides is 1. The van der Waals surface area contributed by atoms with E-state index in [4.69, 9.17) is 4.74 Å². The lowest BCUT2D eigenvalue weighted by atomic mass is 10.0. The van der Waals surface area contributed by atoms with Gasteiger partial charge < -0.3 is 19.6 Å². The smallest absolute Gasteiger partial charge is 0.337 e. The van der Waals surface area contributed by atoms with Gasteiger partial charge in [-0.05, 0) is 55.3 Å². The fourth-order valence-corrected chi connectivity index (χ4v) is 4.52. The first-order valence-electron chi connectivity index (χ1n) is 10.1. The van der Waals surface area contributed by atoms with Gasteiger partial charge in [-0.1, -0.05) is 6.07 Å². The van der Waals surface area contributed by atoms with Crippen LogP contribution in [0.4, 0.5) is 0 Å². The number of aromatic amines is 2. The lowest BCUT2D eigenvalue weighted by molar-refractivity contribution is 0.0600. The van der Waals surface area contributed by atoms with E-state index in [1.165, 1.54) is 12.7 Å². The van der Waals surface area contributed by atoms with Crippen LogP contribution < -0.4 is 0 Å². The van der Waals surface area contributed by atoms with Crippen LogP contribution in [0.5, 0.6) is 0 Å². The minimum Gasteiger partial charge on any atom is -0.465 e. The monoisotopic (exact) mass is 401 g/mol. The van der Waals surface area contributed by atoms with Gasteiger partial charge in [0.05, 0.1) is 12.7 Å². The largest absolute Gasteiger partial charge is 0.465 e. The van der Waals surface area contributed by atoms with Crippen molar-refractivity contribution >= 4 is 33.7 Å². The second kappa shape index (κ2) is 6.76. The molecule has 0 saturated carbocycles. The van der Waals surface area contributed by atoms with Gasteiger partial charge in [-0.2, -0.15) is 0 Å². The molecule has 0 fully saturated rings. The summed E-state index contributed by atoms with van der Waals surface area (Å²) in [5, 5.41) is 2.05. The molecular formula is C24H23N3O3. The van der Waals surface area contributed by atoms with Crippen LogP contribution in [0.3, 0.4) is 0 Å². The van der Waals surface area contributed by atoms with Crippen LogP contribution in [0, 0.1) is 13.8 Å². The molecule has 0 saturated heterocycles. The maximum atomic E-state index is 13.3. The number of esters is 1. The molecule has 30 heavy (non-hydrogen) atoms. The van der Waals surface area contributed by atoms with Crippen molar-refractivity contribution < 1.29 is 14.3 Å². The maximum Gasteiger partial charge on any atom is 0.337 e. The Balaban J connectivity index is 1.49. The number of hydrogen-bond donors (Lipinski definition) is 2. The topological polar surface area (TPSA) is 78.2 Å². The third kappa shape index (κ3) is 2.87. The van der Waals surface area contributed by atoms with Crippen molar-refractivity contribution in [2.24, 2.45) is 0 Å². The van der Waals surface area contributed by atoms with Gasteiger partial charge in [0.2, 0.25) is 0 Å². The van der Waals surface area contributed by atoms with Crippen molar-refractivity contribution in [2.75, 3.05) is 13.7 Å². The Morgan fingerprint density at radius 1 is 1.00 bits per heavy atom. The minimum atomic E-state index is -0.362. The molecule has 1 aliphatic rings. The lowest BCUT2D eigenvalue weighted by Gasteiger charge is -2.27. The van der Waals surface area contributed by atoms with Gasteiger partial charge in [-0.3, -0.25) is 4.79 Å². The summed E-state index contributed by atoms with van der Waals surface area (Å²) >= 11 is 0. The first-order chi connectivity index (χ1) is 14.4. The summed E-state index contributed by atoms with van der Waals surface area (Å²) in [5.74, 6) is -0.369. The fourth-order valence-electron chi connectivity index (χ4n) is 4.52. The first kappa shape index (κ1) is 18.5. The number of nitrogens with zero attached hydrogens (tertiary/aromatic N) is 1. The summed E-state index contributed by atoms with van der Waals surface area (Å²) in [4.78, 5) is 33.8. The standard InChI is InChI=1S/C24H23N3O3/c1-13-8-14(2)16-11-22(26-21(16)9-13)23(28)27-7-6-20-18(12-27)17-10-15(24(29)30-3)4-5-19(17)25-20/h4-5,8-11,25-26H,6-7,12H2,1-3H3. The molecule has 2 aromatic heterocycles. The van der Waals surface area contributed by atoms with Gasteiger partial charge in [-0.15, -0.1) is 0 Å². The molecule has 6 heteroatoms. The molecule has 0 unspecified atom stereocenters. The number of H-pyrrole nitrogens is 2. The number of rotatable bonds is 2. The van der Waals surface area contributed by atoms with Crippen molar-refractivity contribution in [3.05, 3.63) is 70.0 Å². The number of aromatic nitrogens is 2. The fraction of sp³-hybridized carbons (Fsp3) is 0.250. The molecule has 6 nitrogen and oxygen atoms in total. The van der Waals surface area contributed by atoms with Gasteiger partial charge in [0.25, 0.3) is 5.91 Å². The number of carbonyl (C=O) groups is 2. The number of fused-ring (bicyclic) bond motifs is 4. The van der Waals surface area contributed by atoms with E-state index in [0.717, 1.165) is 45.0 Å². The van der Waals surface area contributed by atoms with Gasteiger partial charge in [0, 0.05) is 52.6 Å². The average Bonchev–Trinajstić information content (AvgIpc) is 3.33. The molecule has 0 aliphatic carbocycles. The predicted octanol–water partition coefficient (Wildman–Crippen LogP) is 4.25. The highest BCUT2D eigenvalue weighted by Crippen LogP contribution is 2.30. The number of aryl methyl sites for hydroxylation is 2. The molecule has 2 N–H and O–H groups in total. The zero-order chi connectivity index (χ0) is 21.0. The average molecular weight is 401 g/mol. The second-order valence-electron chi connectivity index (χ2n) is 8.04. The lowest BCUT2D eigenvalue weighted by Crippen LogP contribution is -2.36. The van der Waals surface area contributed by atoms with Crippen molar-refractivity contribution in [3.63, 3.8) is 0 Å². The van der Waals surface area contributed by atoms with E-state index >= 15 is 0 Å². The number of benzene rings is 2. The van der Waals surface area contributed by atoms with Crippen molar-refractivity contribution in [1.29, 1.82) is 0 Å². The summed E-state index contributed by atoms with van der Waals surface area (Å²) in [6, 6.07) is 11.7. The van der Waals surface area contributed by atoms with Crippen molar-refractivity contribution in [2.45, 2.75) is 26.8 Å². The Kier molecular flexibility index (Phi) is 4.17. The molecule has 1 aliphatic heterocycles. The van der Waals surface area contributed by atoms with Crippen LogP contribution >= 0.6 is 0 Å². The second-order valence-corrected chi connectivity index (χ2v) is 8.04. The van der Waals surface area contributed by atoms with Crippen LogP contribution in [0.25, 0.3) is 21.8 Å².